The van der Waals surface area contributed by atoms with Gasteiger partial charge in [-0.25, -0.2) is 4.79 Å². The van der Waals surface area contributed by atoms with Crippen LogP contribution in [0.4, 0.5) is 0 Å². The number of nitrogens with zero attached hydrogens (tertiary/aromatic N) is 2. The van der Waals surface area contributed by atoms with Gasteiger partial charge in [0.25, 0.3) is 0 Å². The van der Waals surface area contributed by atoms with Gasteiger partial charge in [-0.2, -0.15) is 10.2 Å². The van der Waals surface area contributed by atoms with E-state index in [0.717, 1.165) is 0 Å². The Bertz CT molecular complexity index is 993. The van der Waals surface area contributed by atoms with Gasteiger partial charge >= 0.3 is 5.63 Å². The molecule has 6 heteroatoms. The van der Waals surface area contributed by atoms with Crippen molar-refractivity contribution in [2.24, 2.45) is 10.2 Å². The summed E-state index contributed by atoms with van der Waals surface area (Å²) in [5.74, 6) is -0.0771. The van der Waals surface area contributed by atoms with Crippen LogP contribution in [-0.2, 0) is 0 Å². The van der Waals surface area contributed by atoms with E-state index in [0.29, 0.717) is 16.5 Å². The third-order valence-corrected chi connectivity index (χ3v) is 3.99. The molecule has 0 aliphatic carbocycles. The number of benzene rings is 2. The number of rotatable bonds is 2. The van der Waals surface area contributed by atoms with Crippen LogP contribution in [0.3, 0.4) is 0 Å². The third-order valence-electron chi connectivity index (χ3n) is 3.99. The Kier molecular flexibility index (Phi) is 2.90. The van der Waals surface area contributed by atoms with Crippen LogP contribution in [0.2, 0.25) is 0 Å². The maximum absolute atomic E-state index is 12.3. The van der Waals surface area contributed by atoms with E-state index in [-0.39, 0.29) is 17.1 Å². The molecule has 0 spiro atoms. The Morgan fingerprint density at radius 1 is 0.913 bits per heavy atom. The molecule has 23 heavy (non-hydrogen) atoms. The van der Waals surface area contributed by atoms with Crippen molar-refractivity contribution in [1.29, 1.82) is 0 Å². The molecule has 0 saturated heterocycles. The lowest BCUT2D eigenvalue weighted by atomic mass is 9.91. The quantitative estimate of drug-likeness (QED) is 0.709. The van der Waals surface area contributed by atoms with Crippen molar-refractivity contribution in [1.82, 2.24) is 0 Å². The van der Waals surface area contributed by atoms with E-state index >= 15 is 0 Å². The van der Waals surface area contributed by atoms with Crippen LogP contribution in [0.5, 0.6) is 11.5 Å². The van der Waals surface area contributed by atoms with Gasteiger partial charge in [-0.05, 0) is 18.2 Å². The SMILES string of the molecule is O=c1oc2ccccc2c(O)c1C1N=NC1c1ccccc1O. The highest BCUT2D eigenvalue weighted by atomic mass is 16.4. The number of para-hydroxylation sites is 2. The number of hydrogen-bond acceptors (Lipinski definition) is 6. The average molecular weight is 308 g/mol. The Morgan fingerprint density at radius 2 is 1.61 bits per heavy atom. The van der Waals surface area contributed by atoms with Gasteiger partial charge < -0.3 is 14.6 Å². The van der Waals surface area contributed by atoms with Crippen molar-refractivity contribution in [2.75, 3.05) is 0 Å². The van der Waals surface area contributed by atoms with Crippen LogP contribution >= 0.6 is 0 Å². The zero-order valence-electron chi connectivity index (χ0n) is 11.9. The summed E-state index contributed by atoms with van der Waals surface area (Å²) in [5, 5.41) is 28.8. The van der Waals surface area contributed by atoms with Gasteiger partial charge in [-0.15, -0.1) is 0 Å². The first-order chi connectivity index (χ1) is 11.2. The molecule has 114 valence electrons. The van der Waals surface area contributed by atoms with Crippen molar-refractivity contribution in [3.05, 3.63) is 70.1 Å². The fourth-order valence-electron chi connectivity index (χ4n) is 2.79. The second-order valence-electron chi connectivity index (χ2n) is 5.33. The molecule has 0 radical (unpaired) electrons. The molecule has 2 N–H and O–H groups in total. The van der Waals surface area contributed by atoms with E-state index in [4.69, 9.17) is 4.42 Å². The molecule has 2 aromatic carbocycles. The zero-order valence-corrected chi connectivity index (χ0v) is 11.9. The van der Waals surface area contributed by atoms with Crippen molar-refractivity contribution in [3.63, 3.8) is 0 Å². The van der Waals surface area contributed by atoms with Crippen LogP contribution in [0.25, 0.3) is 11.0 Å². The fourth-order valence-corrected chi connectivity index (χ4v) is 2.79. The maximum Gasteiger partial charge on any atom is 0.345 e. The van der Waals surface area contributed by atoms with E-state index in [1.165, 1.54) is 0 Å². The first kappa shape index (κ1) is 13.5. The summed E-state index contributed by atoms with van der Waals surface area (Å²) in [6.45, 7) is 0. The fraction of sp³-hybridized carbons (Fsp3) is 0.118. The van der Waals surface area contributed by atoms with Gasteiger partial charge in [0.15, 0.2) is 0 Å². The topological polar surface area (TPSA) is 95.4 Å². The van der Waals surface area contributed by atoms with Crippen LogP contribution in [0.15, 0.2) is 68.0 Å². The molecule has 2 atom stereocenters. The molecule has 0 saturated carbocycles. The molecule has 1 aliphatic rings. The van der Waals surface area contributed by atoms with E-state index in [1.807, 2.05) is 0 Å². The smallest absolute Gasteiger partial charge is 0.345 e. The highest BCUT2D eigenvalue weighted by Crippen LogP contribution is 2.47. The Balaban J connectivity index is 1.86. The summed E-state index contributed by atoms with van der Waals surface area (Å²) in [4.78, 5) is 12.3. The van der Waals surface area contributed by atoms with Crippen molar-refractivity contribution in [3.8, 4) is 11.5 Å². The van der Waals surface area contributed by atoms with E-state index in [2.05, 4.69) is 10.2 Å². The van der Waals surface area contributed by atoms with Gasteiger partial charge in [0.05, 0.1) is 5.39 Å². The summed E-state index contributed by atoms with van der Waals surface area (Å²) in [6, 6.07) is 12.3. The van der Waals surface area contributed by atoms with Gasteiger partial charge in [0.1, 0.15) is 34.7 Å². The minimum absolute atomic E-state index is 0.0620. The largest absolute Gasteiger partial charge is 0.508 e. The maximum atomic E-state index is 12.3. The number of phenols is 1. The van der Waals surface area contributed by atoms with E-state index < -0.39 is 17.7 Å². The van der Waals surface area contributed by atoms with Crippen LogP contribution in [0.1, 0.15) is 23.2 Å². The molecule has 2 unspecified atom stereocenters. The average Bonchev–Trinajstić information content (AvgIpc) is 2.52. The number of azo groups is 1. The minimum Gasteiger partial charge on any atom is -0.508 e. The Labute approximate surface area is 130 Å². The normalized spacial score (nSPS) is 19.7. The predicted octanol–water partition coefficient (Wildman–Crippen LogP) is 3.45. The summed E-state index contributed by atoms with van der Waals surface area (Å²) in [6.07, 6.45) is 0. The summed E-state index contributed by atoms with van der Waals surface area (Å²) in [7, 11) is 0. The molecule has 6 nitrogen and oxygen atoms in total. The zero-order chi connectivity index (χ0) is 16.0. The van der Waals surface area contributed by atoms with Crippen molar-refractivity contribution < 1.29 is 14.6 Å². The molecule has 0 fully saturated rings. The van der Waals surface area contributed by atoms with Gasteiger partial charge in [-0.3, -0.25) is 0 Å². The van der Waals surface area contributed by atoms with Crippen LogP contribution in [0, 0.1) is 0 Å². The molecular weight excluding hydrogens is 296 g/mol. The molecule has 0 amide bonds. The first-order valence-corrected chi connectivity index (χ1v) is 7.09. The molecule has 4 rings (SSSR count). The number of aromatic hydroxyl groups is 2. The van der Waals surface area contributed by atoms with Crippen LogP contribution in [-0.4, -0.2) is 10.2 Å². The minimum atomic E-state index is -0.677. The molecular formula is C17H12N2O4. The lowest BCUT2D eigenvalue weighted by Gasteiger charge is -2.27. The number of phenolic OH excluding ortho intramolecular Hbond substituents is 1. The van der Waals surface area contributed by atoms with Gasteiger partial charge in [0, 0.05) is 5.56 Å². The second kappa shape index (κ2) is 4.95. The highest BCUT2D eigenvalue weighted by molar-refractivity contribution is 5.84. The number of hydrogen-bond donors (Lipinski definition) is 2. The molecule has 0 bridgehead atoms. The lowest BCUT2D eigenvalue weighted by molar-refractivity contribution is 0.368. The lowest BCUT2D eigenvalue weighted by Crippen LogP contribution is -2.21. The molecule has 2 heterocycles. The van der Waals surface area contributed by atoms with Crippen molar-refractivity contribution >= 4 is 11.0 Å². The van der Waals surface area contributed by atoms with Gasteiger partial charge in [0.2, 0.25) is 0 Å². The number of fused-ring (bicyclic) bond motifs is 1. The monoisotopic (exact) mass is 308 g/mol. The first-order valence-electron chi connectivity index (χ1n) is 7.09. The summed E-state index contributed by atoms with van der Waals surface area (Å²) >= 11 is 0. The standard InChI is InChI=1S/C17H12N2O4/c20-11-7-3-1-5-9(11)14-15(19-18-14)13-16(21)10-6-2-4-8-12(10)23-17(13)22/h1-8,14-15,20-21H. The molecule has 1 aromatic heterocycles. The predicted molar refractivity (Wildman–Crippen MR) is 82.6 cm³/mol. The van der Waals surface area contributed by atoms with Crippen LogP contribution < -0.4 is 5.63 Å². The third kappa shape index (κ3) is 1.99. The van der Waals surface area contributed by atoms with E-state index in [9.17, 15) is 15.0 Å². The van der Waals surface area contributed by atoms with Crippen molar-refractivity contribution in [2.45, 2.75) is 12.1 Å². The Hall–Kier alpha value is -3.15. The molecule has 3 aromatic rings. The van der Waals surface area contributed by atoms with E-state index in [1.54, 1.807) is 48.5 Å². The highest BCUT2D eigenvalue weighted by Gasteiger charge is 2.38. The summed E-state index contributed by atoms with van der Waals surface area (Å²) < 4.78 is 5.27. The second-order valence-corrected chi connectivity index (χ2v) is 5.33. The van der Waals surface area contributed by atoms with Gasteiger partial charge in [-0.1, -0.05) is 30.3 Å². The summed E-state index contributed by atoms with van der Waals surface area (Å²) in [5.41, 5.74) is 0.283. The molecule has 1 aliphatic heterocycles. The Morgan fingerprint density at radius 3 is 2.35 bits per heavy atom.